The summed E-state index contributed by atoms with van der Waals surface area (Å²) >= 11 is 0. The summed E-state index contributed by atoms with van der Waals surface area (Å²) < 4.78 is 0. The zero-order chi connectivity index (χ0) is 12.0. The fourth-order valence-corrected chi connectivity index (χ4v) is 2.22. The van der Waals surface area contributed by atoms with E-state index < -0.39 is 0 Å². The number of likely N-dealkylation sites (N-methyl/N-ethyl adjacent to an activating group) is 1. The van der Waals surface area contributed by atoms with E-state index in [1.54, 1.807) is 4.90 Å². The first-order valence-corrected chi connectivity index (χ1v) is 6.27. The van der Waals surface area contributed by atoms with Crippen LogP contribution in [0.4, 0.5) is 0 Å². The molecule has 2 atom stereocenters. The Morgan fingerprint density at radius 3 is 2.75 bits per heavy atom. The Morgan fingerprint density at radius 2 is 2.12 bits per heavy atom. The molecule has 0 aliphatic heterocycles. The fraction of sp³-hybridized carbons (Fsp3) is 0.917. The van der Waals surface area contributed by atoms with Gasteiger partial charge in [-0.05, 0) is 25.7 Å². The highest BCUT2D eigenvalue weighted by atomic mass is 16.3. The summed E-state index contributed by atoms with van der Waals surface area (Å²) in [5.74, 6) is 0.457. The zero-order valence-corrected chi connectivity index (χ0v) is 10.4. The van der Waals surface area contributed by atoms with Crippen LogP contribution in [0.2, 0.25) is 0 Å². The summed E-state index contributed by atoms with van der Waals surface area (Å²) in [6.07, 6.45) is 4.55. The highest BCUT2D eigenvalue weighted by molar-refractivity contribution is 5.77. The molecule has 1 amide bonds. The van der Waals surface area contributed by atoms with Gasteiger partial charge < -0.3 is 15.3 Å². The standard InChI is InChI=1S/C12H24N2O2/c1-3-14(2)12(16)8-13-11-7-5-4-6-10(11)9-15/h10-11,13,15H,3-9H2,1-2H3. The van der Waals surface area contributed by atoms with Crippen molar-refractivity contribution in [3.63, 3.8) is 0 Å². The van der Waals surface area contributed by atoms with Crippen LogP contribution in [0.3, 0.4) is 0 Å². The third kappa shape index (κ3) is 3.76. The Bertz CT molecular complexity index is 221. The minimum atomic E-state index is 0.129. The predicted molar refractivity (Wildman–Crippen MR) is 64.1 cm³/mol. The van der Waals surface area contributed by atoms with Crippen molar-refractivity contribution in [1.82, 2.24) is 10.2 Å². The molecule has 0 heterocycles. The molecule has 1 aliphatic carbocycles. The van der Waals surface area contributed by atoms with Crippen LogP contribution in [0.25, 0.3) is 0 Å². The quantitative estimate of drug-likeness (QED) is 0.725. The second kappa shape index (κ2) is 6.86. The fourth-order valence-electron chi connectivity index (χ4n) is 2.22. The van der Waals surface area contributed by atoms with Crippen molar-refractivity contribution >= 4 is 5.91 Å². The van der Waals surface area contributed by atoms with Crippen LogP contribution < -0.4 is 5.32 Å². The summed E-state index contributed by atoms with van der Waals surface area (Å²) in [6.45, 7) is 3.34. The van der Waals surface area contributed by atoms with Crippen LogP contribution in [-0.2, 0) is 4.79 Å². The number of amides is 1. The molecule has 0 aromatic rings. The maximum atomic E-state index is 11.6. The second-order valence-electron chi connectivity index (χ2n) is 4.62. The Balaban J connectivity index is 2.32. The molecule has 1 rings (SSSR count). The van der Waals surface area contributed by atoms with Gasteiger partial charge in [-0.2, -0.15) is 0 Å². The number of nitrogens with one attached hydrogen (secondary N) is 1. The van der Waals surface area contributed by atoms with Gasteiger partial charge in [-0.15, -0.1) is 0 Å². The summed E-state index contributed by atoms with van der Waals surface area (Å²) in [6, 6.07) is 0.313. The van der Waals surface area contributed by atoms with Gasteiger partial charge in [0.1, 0.15) is 0 Å². The lowest BCUT2D eigenvalue weighted by Crippen LogP contribution is -2.45. The average Bonchev–Trinajstić information content (AvgIpc) is 2.35. The van der Waals surface area contributed by atoms with Gasteiger partial charge in [0, 0.05) is 26.2 Å². The Labute approximate surface area is 98.0 Å². The molecule has 0 aromatic carbocycles. The first-order chi connectivity index (χ1) is 7.69. The maximum absolute atomic E-state index is 11.6. The monoisotopic (exact) mass is 228 g/mol. The molecule has 4 nitrogen and oxygen atoms in total. The number of aliphatic hydroxyl groups excluding tert-OH is 1. The van der Waals surface area contributed by atoms with Crippen molar-refractivity contribution in [3.05, 3.63) is 0 Å². The smallest absolute Gasteiger partial charge is 0.236 e. The summed E-state index contributed by atoms with van der Waals surface area (Å²) in [7, 11) is 1.81. The van der Waals surface area contributed by atoms with Crippen LogP contribution in [0.1, 0.15) is 32.6 Å². The van der Waals surface area contributed by atoms with Gasteiger partial charge in [0.05, 0.1) is 6.54 Å². The van der Waals surface area contributed by atoms with E-state index in [2.05, 4.69) is 5.32 Å². The maximum Gasteiger partial charge on any atom is 0.236 e. The summed E-state index contributed by atoms with van der Waals surface area (Å²) in [5.41, 5.74) is 0. The Morgan fingerprint density at radius 1 is 1.44 bits per heavy atom. The van der Waals surface area contributed by atoms with Crippen molar-refractivity contribution in [1.29, 1.82) is 0 Å². The molecule has 1 saturated carbocycles. The third-order valence-corrected chi connectivity index (χ3v) is 3.56. The first-order valence-electron chi connectivity index (χ1n) is 6.27. The van der Waals surface area contributed by atoms with Gasteiger partial charge in [-0.25, -0.2) is 0 Å². The van der Waals surface area contributed by atoms with Crippen molar-refractivity contribution < 1.29 is 9.90 Å². The number of aliphatic hydroxyl groups is 1. The van der Waals surface area contributed by atoms with Gasteiger partial charge in [-0.1, -0.05) is 12.8 Å². The van der Waals surface area contributed by atoms with Crippen molar-refractivity contribution in [2.45, 2.75) is 38.6 Å². The van der Waals surface area contributed by atoms with Crippen molar-refractivity contribution in [2.75, 3.05) is 26.7 Å². The molecule has 0 saturated heterocycles. The summed E-state index contributed by atoms with van der Waals surface area (Å²) in [5, 5.41) is 12.5. The Kier molecular flexibility index (Phi) is 5.77. The highest BCUT2D eigenvalue weighted by Gasteiger charge is 2.24. The van der Waals surface area contributed by atoms with Gasteiger partial charge in [0.15, 0.2) is 0 Å². The van der Waals surface area contributed by atoms with E-state index in [9.17, 15) is 9.90 Å². The van der Waals surface area contributed by atoms with Gasteiger partial charge in [0.25, 0.3) is 0 Å². The normalized spacial score (nSPS) is 25.4. The van der Waals surface area contributed by atoms with Crippen LogP contribution in [0, 0.1) is 5.92 Å². The number of hydrogen-bond donors (Lipinski definition) is 2. The number of carbonyl (C=O) groups is 1. The van der Waals surface area contributed by atoms with Gasteiger partial charge >= 0.3 is 0 Å². The minimum absolute atomic E-state index is 0.129. The molecule has 4 heteroatoms. The average molecular weight is 228 g/mol. The lowest BCUT2D eigenvalue weighted by Gasteiger charge is -2.31. The lowest BCUT2D eigenvalue weighted by atomic mass is 9.85. The molecule has 2 unspecified atom stereocenters. The van der Waals surface area contributed by atoms with Crippen LogP contribution in [0.5, 0.6) is 0 Å². The molecule has 0 aromatic heterocycles. The predicted octanol–water partition coefficient (Wildman–Crippen LogP) is 0.605. The number of carbonyl (C=O) groups excluding carboxylic acids is 1. The SMILES string of the molecule is CCN(C)C(=O)CNC1CCCCC1CO. The van der Waals surface area contributed by atoms with Crippen molar-refractivity contribution in [2.24, 2.45) is 5.92 Å². The number of rotatable bonds is 5. The van der Waals surface area contributed by atoms with E-state index in [0.717, 1.165) is 19.4 Å². The third-order valence-electron chi connectivity index (χ3n) is 3.56. The highest BCUT2D eigenvalue weighted by Crippen LogP contribution is 2.23. The molecule has 0 spiro atoms. The molecule has 0 bridgehead atoms. The van der Waals surface area contributed by atoms with Crippen LogP contribution >= 0.6 is 0 Å². The Hall–Kier alpha value is -0.610. The molecule has 1 aliphatic rings. The molecule has 2 N–H and O–H groups in total. The molecule has 16 heavy (non-hydrogen) atoms. The molecule has 1 fully saturated rings. The van der Waals surface area contributed by atoms with E-state index in [1.807, 2.05) is 14.0 Å². The first kappa shape index (κ1) is 13.5. The summed E-state index contributed by atoms with van der Waals surface area (Å²) in [4.78, 5) is 13.3. The molecular weight excluding hydrogens is 204 g/mol. The van der Waals surface area contributed by atoms with E-state index >= 15 is 0 Å². The van der Waals surface area contributed by atoms with E-state index in [-0.39, 0.29) is 12.5 Å². The lowest BCUT2D eigenvalue weighted by molar-refractivity contribution is -0.129. The van der Waals surface area contributed by atoms with Crippen LogP contribution in [0.15, 0.2) is 0 Å². The van der Waals surface area contributed by atoms with Gasteiger partial charge in [-0.3, -0.25) is 4.79 Å². The minimum Gasteiger partial charge on any atom is -0.396 e. The molecular formula is C12H24N2O2. The number of hydrogen-bond acceptors (Lipinski definition) is 3. The van der Waals surface area contributed by atoms with Gasteiger partial charge in [0.2, 0.25) is 5.91 Å². The topological polar surface area (TPSA) is 52.6 Å². The van der Waals surface area contributed by atoms with E-state index in [0.29, 0.717) is 18.5 Å². The van der Waals surface area contributed by atoms with Crippen molar-refractivity contribution in [3.8, 4) is 0 Å². The molecule has 0 radical (unpaired) electrons. The van der Waals surface area contributed by atoms with E-state index in [1.165, 1.54) is 12.8 Å². The van der Waals surface area contributed by atoms with Crippen LogP contribution in [-0.4, -0.2) is 48.7 Å². The zero-order valence-electron chi connectivity index (χ0n) is 10.4. The number of nitrogens with zero attached hydrogens (tertiary/aromatic N) is 1. The molecule has 94 valence electrons. The van der Waals surface area contributed by atoms with E-state index in [4.69, 9.17) is 0 Å². The second-order valence-corrected chi connectivity index (χ2v) is 4.62. The largest absolute Gasteiger partial charge is 0.396 e.